The molecule has 0 spiro atoms. The summed E-state index contributed by atoms with van der Waals surface area (Å²) in [6.45, 7) is 4.19. The number of ether oxygens (including phenoxy) is 2. The minimum absolute atomic E-state index is 0.0352. The van der Waals surface area contributed by atoms with Crippen LogP contribution in [0.25, 0.3) is 0 Å². The summed E-state index contributed by atoms with van der Waals surface area (Å²) in [7, 11) is 3.58. The second-order valence-electron chi connectivity index (χ2n) is 8.97. The van der Waals surface area contributed by atoms with Gasteiger partial charge in [0.1, 0.15) is 0 Å². The maximum atomic E-state index is 12.0. The van der Waals surface area contributed by atoms with E-state index in [2.05, 4.69) is 6.92 Å². The molecule has 31 heavy (non-hydrogen) atoms. The fourth-order valence-electron chi connectivity index (χ4n) is 3.26. The third-order valence-corrected chi connectivity index (χ3v) is 5.16. The molecule has 182 valence electrons. The van der Waals surface area contributed by atoms with Crippen LogP contribution >= 0.6 is 0 Å². The number of carbonyl (C=O) groups excluding carboxylic acids is 2. The molecule has 0 aliphatic heterocycles. The molecule has 0 heterocycles. The van der Waals surface area contributed by atoms with Crippen molar-refractivity contribution in [3.8, 4) is 0 Å². The number of aliphatic carboxylic acids is 1. The Labute approximate surface area is 187 Å². The van der Waals surface area contributed by atoms with E-state index >= 15 is 0 Å². The van der Waals surface area contributed by atoms with Gasteiger partial charge in [-0.05, 0) is 39.8 Å². The summed E-state index contributed by atoms with van der Waals surface area (Å²) in [6, 6.07) is 0. The van der Waals surface area contributed by atoms with Gasteiger partial charge in [0.2, 0.25) is 0 Å². The molecule has 0 aromatic rings. The molecular formula is C23H43NO7. The summed E-state index contributed by atoms with van der Waals surface area (Å²) >= 11 is 0. The van der Waals surface area contributed by atoms with Crippen molar-refractivity contribution in [3.63, 3.8) is 0 Å². The van der Waals surface area contributed by atoms with Crippen molar-refractivity contribution < 1.29 is 34.1 Å². The molecule has 2 atom stereocenters. The molecular weight excluding hydrogens is 402 g/mol. The molecule has 2 unspecified atom stereocenters. The Kier molecular flexibility index (Phi) is 16.0. The quantitative estimate of drug-likeness (QED) is 0.230. The summed E-state index contributed by atoms with van der Waals surface area (Å²) < 4.78 is 10.5. The average molecular weight is 446 g/mol. The molecule has 0 aromatic heterocycles. The Hall–Kier alpha value is -1.67. The smallest absolute Gasteiger partial charge is 0.307 e. The number of carboxylic acid groups (broad SMARTS) is 1. The van der Waals surface area contributed by atoms with E-state index in [9.17, 15) is 24.6 Å². The van der Waals surface area contributed by atoms with Crippen LogP contribution in [-0.2, 0) is 23.9 Å². The Bertz CT molecular complexity index is 524. The van der Waals surface area contributed by atoms with Crippen LogP contribution in [0, 0.1) is 11.3 Å². The maximum Gasteiger partial charge on any atom is 0.307 e. The summed E-state index contributed by atoms with van der Waals surface area (Å²) in [4.78, 5) is 36.9. The van der Waals surface area contributed by atoms with Crippen molar-refractivity contribution in [1.82, 2.24) is 4.90 Å². The first-order chi connectivity index (χ1) is 14.6. The lowest BCUT2D eigenvalue weighted by atomic mass is 9.82. The van der Waals surface area contributed by atoms with Gasteiger partial charge in [0.05, 0.1) is 25.7 Å². The molecule has 0 saturated carbocycles. The average Bonchev–Trinajstić information content (AvgIpc) is 2.71. The number of esters is 2. The number of aliphatic hydroxyl groups is 1. The third kappa shape index (κ3) is 15.7. The largest absolute Gasteiger partial charge is 0.481 e. The lowest BCUT2D eigenvalue weighted by molar-refractivity contribution is -0.150. The first-order valence-electron chi connectivity index (χ1n) is 11.4. The second kappa shape index (κ2) is 17.0. The zero-order chi connectivity index (χ0) is 23.7. The van der Waals surface area contributed by atoms with Crippen LogP contribution in [0.2, 0.25) is 0 Å². The van der Waals surface area contributed by atoms with Gasteiger partial charge in [-0.15, -0.1) is 0 Å². The normalized spacial score (nSPS) is 14.1. The van der Waals surface area contributed by atoms with Crippen molar-refractivity contribution >= 4 is 17.9 Å². The van der Waals surface area contributed by atoms with Gasteiger partial charge in [0.15, 0.2) is 0 Å². The molecule has 0 rings (SSSR count). The molecule has 0 aliphatic carbocycles. The number of unbranched alkanes of at least 4 members (excludes halogenated alkanes) is 5. The molecule has 0 aliphatic rings. The van der Waals surface area contributed by atoms with Crippen LogP contribution < -0.4 is 0 Å². The van der Waals surface area contributed by atoms with Gasteiger partial charge in [-0.2, -0.15) is 0 Å². The fraction of sp³-hybridized carbons (Fsp3) is 0.870. The van der Waals surface area contributed by atoms with Gasteiger partial charge >= 0.3 is 17.9 Å². The summed E-state index contributed by atoms with van der Waals surface area (Å²) in [5.41, 5.74) is -0.818. The van der Waals surface area contributed by atoms with Crippen LogP contribution in [0.4, 0.5) is 0 Å². The van der Waals surface area contributed by atoms with Crippen molar-refractivity contribution in [2.24, 2.45) is 11.3 Å². The van der Waals surface area contributed by atoms with Crippen LogP contribution in [0.5, 0.6) is 0 Å². The molecule has 0 fully saturated rings. The van der Waals surface area contributed by atoms with Crippen molar-refractivity contribution in [3.05, 3.63) is 0 Å². The molecule has 8 heteroatoms. The number of hydrogen-bond acceptors (Lipinski definition) is 7. The summed E-state index contributed by atoms with van der Waals surface area (Å²) in [5, 5.41) is 19.1. The second-order valence-corrected chi connectivity index (χ2v) is 8.97. The highest BCUT2D eigenvalue weighted by Gasteiger charge is 2.33. The highest BCUT2D eigenvalue weighted by molar-refractivity contribution is 5.70. The standard InChI is InChI=1S/C23H43NO7/c1-5-6-7-8-9-12-20(26)30-14-11-10-13-21(27)31-18-23(2,17-25)15-19(22(28)29)16-24(3)4/h19,25H,5-18H2,1-4H3,(H,28,29). The first kappa shape index (κ1) is 29.3. The van der Waals surface area contributed by atoms with Crippen LogP contribution in [-0.4, -0.2) is 73.5 Å². The fourth-order valence-corrected chi connectivity index (χ4v) is 3.26. The number of hydrogen-bond donors (Lipinski definition) is 2. The zero-order valence-corrected chi connectivity index (χ0v) is 19.9. The van der Waals surface area contributed by atoms with E-state index in [0.29, 0.717) is 32.4 Å². The number of aliphatic hydroxyl groups excluding tert-OH is 1. The zero-order valence-electron chi connectivity index (χ0n) is 19.9. The molecule has 2 N–H and O–H groups in total. The molecule has 0 amide bonds. The number of carboxylic acids is 1. The van der Waals surface area contributed by atoms with Crippen molar-refractivity contribution in [2.45, 2.75) is 78.1 Å². The van der Waals surface area contributed by atoms with Gasteiger partial charge in [-0.1, -0.05) is 39.5 Å². The summed E-state index contributed by atoms with van der Waals surface area (Å²) in [5.74, 6) is -2.19. The topological polar surface area (TPSA) is 113 Å². The van der Waals surface area contributed by atoms with Gasteiger partial charge in [-0.3, -0.25) is 14.4 Å². The predicted molar refractivity (Wildman–Crippen MR) is 119 cm³/mol. The molecule has 0 bridgehead atoms. The van der Waals surface area contributed by atoms with Crippen molar-refractivity contribution in [1.29, 1.82) is 0 Å². The van der Waals surface area contributed by atoms with Crippen LogP contribution in [0.3, 0.4) is 0 Å². The minimum atomic E-state index is -0.935. The first-order valence-corrected chi connectivity index (χ1v) is 11.4. The van der Waals surface area contributed by atoms with E-state index in [1.54, 1.807) is 25.9 Å². The van der Waals surface area contributed by atoms with Crippen LogP contribution in [0.15, 0.2) is 0 Å². The minimum Gasteiger partial charge on any atom is -0.481 e. The molecule has 0 saturated heterocycles. The Balaban J connectivity index is 4.07. The van der Waals surface area contributed by atoms with E-state index in [4.69, 9.17) is 9.47 Å². The van der Waals surface area contributed by atoms with E-state index in [1.165, 1.54) is 12.8 Å². The van der Waals surface area contributed by atoms with E-state index < -0.39 is 23.3 Å². The Morgan fingerprint density at radius 2 is 1.52 bits per heavy atom. The number of nitrogens with zero attached hydrogens (tertiary/aromatic N) is 1. The number of carbonyl (C=O) groups is 3. The predicted octanol–water partition coefficient (Wildman–Crippen LogP) is 3.25. The molecule has 0 radical (unpaired) electrons. The Morgan fingerprint density at radius 3 is 2.06 bits per heavy atom. The number of rotatable bonds is 19. The van der Waals surface area contributed by atoms with Gasteiger partial charge in [0.25, 0.3) is 0 Å². The lowest BCUT2D eigenvalue weighted by Gasteiger charge is -2.30. The van der Waals surface area contributed by atoms with Gasteiger partial charge < -0.3 is 24.6 Å². The molecule has 0 aromatic carbocycles. The van der Waals surface area contributed by atoms with E-state index in [1.807, 2.05) is 0 Å². The SMILES string of the molecule is CCCCCCCC(=O)OCCCCC(=O)OCC(C)(CO)CC(CN(C)C)C(=O)O. The van der Waals surface area contributed by atoms with E-state index in [-0.39, 0.29) is 32.0 Å². The maximum absolute atomic E-state index is 12.0. The highest BCUT2D eigenvalue weighted by Crippen LogP contribution is 2.27. The highest BCUT2D eigenvalue weighted by atomic mass is 16.5. The van der Waals surface area contributed by atoms with Crippen molar-refractivity contribution in [2.75, 3.05) is 40.5 Å². The summed E-state index contributed by atoms with van der Waals surface area (Å²) in [6.07, 6.45) is 7.37. The molecule has 8 nitrogen and oxygen atoms in total. The lowest BCUT2D eigenvalue weighted by Crippen LogP contribution is -2.37. The Morgan fingerprint density at radius 1 is 0.935 bits per heavy atom. The van der Waals surface area contributed by atoms with E-state index in [0.717, 1.165) is 19.3 Å². The van der Waals surface area contributed by atoms with Gasteiger partial charge in [0, 0.05) is 24.8 Å². The van der Waals surface area contributed by atoms with Gasteiger partial charge in [-0.25, -0.2) is 0 Å². The van der Waals surface area contributed by atoms with Crippen LogP contribution in [0.1, 0.15) is 78.1 Å². The third-order valence-electron chi connectivity index (χ3n) is 5.16. The monoisotopic (exact) mass is 445 g/mol.